The summed E-state index contributed by atoms with van der Waals surface area (Å²) in [5.74, 6) is -0.944. The molecule has 0 fully saturated rings. The minimum atomic E-state index is -0.613. The summed E-state index contributed by atoms with van der Waals surface area (Å²) in [6.45, 7) is 3.51. The van der Waals surface area contributed by atoms with Gasteiger partial charge in [-0.05, 0) is 31.5 Å². The second-order valence-corrected chi connectivity index (χ2v) is 4.90. The van der Waals surface area contributed by atoms with E-state index in [9.17, 15) is 9.59 Å². The molecule has 0 aliphatic carbocycles. The number of halogens is 2. The highest BCUT2D eigenvalue weighted by Gasteiger charge is 2.12. The Morgan fingerprint density at radius 3 is 2.58 bits per heavy atom. The van der Waals surface area contributed by atoms with Crippen LogP contribution in [0.5, 0.6) is 0 Å². The van der Waals surface area contributed by atoms with Crippen molar-refractivity contribution in [2.45, 2.75) is 26.3 Å². The monoisotopic (exact) mass is 303 g/mol. The van der Waals surface area contributed by atoms with Crippen molar-refractivity contribution in [2.75, 3.05) is 6.61 Å². The van der Waals surface area contributed by atoms with Gasteiger partial charge in [-0.25, -0.2) is 4.79 Å². The van der Waals surface area contributed by atoms with Crippen molar-refractivity contribution in [1.82, 2.24) is 5.32 Å². The van der Waals surface area contributed by atoms with Gasteiger partial charge in [0.1, 0.15) is 0 Å². The zero-order chi connectivity index (χ0) is 14.4. The van der Waals surface area contributed by atoms with Crippen LogP contribution in [-0.2, 0) is 9.53 Å². The van der Waals surface area contributed by atoms with Crippen molar-refractivity contribution in [1.29, 1.82) is 0 Å². The zero-order valence-corrected chi connectivity index (χ0v) is 12.2. The largest absolute Gasteiger partial charge is 0.452 e. The molecule has 1 rings (SSSR count). The Bertz CT molecular complexity index is 477. The molecule has 0 heterocycles. The van der Waals surface area contributed by atoms with Gasteiger partial charge in [0, 0.05) is 6.04 Å². The number of amides is 1. The highest BCUT2D eigenvalue weighted by atomic mass is 35.5. The van der Waals surface area contributed by atoms with Gasteiger partial charge in [-0.1, -0.05) is 30.1 Å². The Morgan fingerprint density at radius 2 is 2.00 bits per heavy atom. The lowest BCUT2D eigenvalue weighted by Crippen LogP contribution is -2.35. The van der Waals surface area contributed by atoms with Crippen LogP contribution in [0.2, 0.25) is 10.0 Å². The van der Waals surface area contributed by atoms with E-state index in [4.69, 9.17) is 27.9 Å². The summed E-state index contributed by atoms with van der Waals surface area (Å²) in [4.78, 5) is 23.1. The molecule has 1 aromatic rings. The fourth-order valence-electron chi connectivity index (χ4n) is 1.26. The van der Waals surface area contributed by atoms with Crippen LogP contribution < -0.4 is 5.32 Å². The summed E-state index contributed by atoms with van der Waals surface area (Å²) in [5, 5.41) is 3.31. The molecule has 0 aliphatic heterocycles. The quantitative estimate of drug-likeness (QED) is 0.851. The normalized spacial score (nSPS) is 11.8. The van der Waals surface area contributed by atoms with Gasteiger partial charge in [0.25, 0.3) is 5.91 Å². The lowest BCUT2D eigenvalue weighted by Gasteiger charge is -2.11. The molecule has 0 saturated heterocycles. The van der Waals surface area contributed by atoms with E-state index in [0.717, 1.165) is 6.42 Å². The lowest BCUT2D eigenvalue weighted by atomic mass is 10.2. The molecule has 0 radical (unpaired) electrons. The summed E-state index contributed by atoms with van der Waals surface area (Å²) in [5.41, 5.74) is 0.255. The van der Waals surface area contributed by atoms with Crippen molar-refractivity contribution in [3.05, 3.63) is 33.8 Å². The third-order valence-electron chi connectivity index (χ3n) is 2.51. The molecule has 0 aromatic heterocycles. The molecule has 6 heteroatoms. The average Bonchev–Trinajstić information content (AvgIpc) is 2.39. The first kappa shape index (κ1) is 15.8. The van der Waals surface area contributed by atoms with Crippen LogP contribution in [0.4, 0.5) is 0 Å². The van der Waals surface area contributed by atoms with Crippen molar-refractivity contribution in [2.24, 2.45) is 0 Å². The SMILES string of the molecule is CC[C@H](C)NC(=O)COC(=O)c1ccc(Cl)c(Cl)c1. The Kier molecular flexibility index (Phi) is 6.12. The summed E-state index contributed by atoms with van der Waals surface area (Å²) in [6.07, 6.45) is 0.812. The summed E-state index contributed by atoms with van der Waals surface area (Å²) >= 11 is 11.5. The molecule has 1 atom stereocenters. The maximum absolute atomic E-state index is 11.7. The number of esters is 1. The lowest BCUT2D eigenvalue weighted by molar-refractivity contribution is -0.124. The number of hydrogen-bond acceptors (Lipinski definition) is 3. The van der Waals surface area contributed by atoms with Gasteiger partial charge in [-0.15, -0.1) is 0 Å². The fourth-order valence-corrected chi connectivity index (χ4v) is 1.55. The predicted molar refractivity (Wildman–Crippen MR) is 74.6 cm³/mol. The van der Waals surface area contributed by atoms with E-state index in [1.165, 1.54) is 18.2 Å². The van der Waals surface area contributed by atoms with Crippen molar-refractivity contribution < 1.29 is 14.3 Å². The second-order valence-electron chi connectivity index (χ2n) is 4.08. The minimum Gasteiger partial charge on any atom is -0.452 e. The van der Waals surface area contributed by atoms with E-state index in [0.29, 0.717) is 5.02 Å². The predicted octanol–water partition coefficient (Wildman–Crippen LogP) is 3.06. The van der Waals surface area contributed by atoms with Gasteiger partial charge in [-0.2, -0.15) is 0 Å². The Morgan fingerprint density at radius 1 is 1.32 bits per heavy atom. The molecule has 0 aliphatic rings. The molecule has 0 spiro atoms. The number of carbonyl (C=O) groups excluding carboxylic acids is 2. The Balaban J connectivity index is 2.51. The van der Waals surface area contributed by atoms with Crippen LogP contribution in [0.3, 0.4) is 0 Å². The number of rotatable bonds is 5. The van der Waals surface area contributed by atoms with Crippen molar-refractivity contribution in [3.63, 3.8) is 0 Å². The third kappa shape index (κ3) is 5.09. The van der Waals surface area contributed by atoms with Gasteiger partial charge in [0.15, 0.2) is 6.61 Å². The highest BCUT2D eigenvalue weighted by Crippen LogP contribution is 2.22. The first-order chi connectivity index (χ1) is 8.93. The summed E-state index contributed by atoms with van der Waals surface area (Å²) in [6, 6.07) is 4.44. The van der Waals surface area contributed by atoms with Crippen LogP contribution in [0.25, 0.3) is 0 Å². The van der Waals surface area contributed by atoms with E-state index < -0.39 is 5.97 Å². The topological polar surface area (TPSA) is 55.4 Å². The van der Waals surface area contributed by atoms with Crippen molar-refractivity contribution in [3.8, 4) is 0 Å². The smallest absolute Gasteiger partial charge is 0.338 e. The molecule has 0 unspecified atom stereocenters. The first-order valence-electron chi connectivity index (χ1n) is 5.85. The zero-order valence-electron chi connectivity index (χ0n) is 10.7. The van der Waals surface area contributed by atoms with Gasteiger partial charge in [-0.3, -0.25) is 4.79 Å². The highest BCUT2D eigenvalue weighted by molar-refractivity contribution is 6.42. The number of carbonyl (C=O) groups is 2. The van der Waals surface area contributed by atoms with Crippen LogP contribution in [0, 0.1) is 0 Å². The molecule has 0 saturated carbocycles. The molecule has 104 valence electrons. The fraction of sp³-hybridized carbons (Fsp3) is 0.385. The van der Waals surface area contributed by atoms with E-state index in [1.54, 1.807) is 0 Å². The molecule has 19 heavy (non-hydrogen) atoms. The molecular formula is C13H15Cl2NO3. The second kappa shape index (κ2) is 7.36. The number of ether oxygens (including phenoxy) is 1. The summed E-state index contributed by atoms with van der Waals surface area (Å²) in [7, 11) is 0. The Labute approximate surface area is 122 Å². The van der Waals surface area contributed by atoms with Crippen LogP contribution in [-0.4, -0.2) is 24.5 Å². The third-order valence-corrected chi connectivity index (χ3v) is 3.25. The maximum Gasteiger partial charge on any atom is 0.338 e. The van der Waals surface area contributed by atoms with Gasteiger partial charge in [0.2, 0.25) is 0 Å². The first-order valence-corrected chi connectivity index (χ1v) is 6.61. The molecule has 4 nitrogen and oxygen atoms in total. The van der Waals surface area contributed by atoms with E-state index in [2.05, 4.69) is 5.32 Å². The Hall–Kier alpha value is -1.26. The van der Waals surface area contributed by atoms with E-state index in [-0.39, 0.29) is 29.1 Å². The molecule has 1 aromatic carbocycles. The molecular weight excluding hydrogens is 289 g/mol. The molecule has 0 bridgehead atoms. The standard InChI is InChI=1S/C13H15Cl2NO3/c1-3-8(2)16-12(17)7-19-13(18)9-4-5-10(14)11(15)6-9/h4-6,8H,3,7H2,1-2H3,(H,16,17)/t8-/m0/s1. The van der Waals surface area contributed by atoms with Gasteiger partial charge >= 0.3 is 5.97 Å². The maximum atomic E-state index is 11.7. The van der Waals surface area contributed by atoms with Gasteiger partial charge < -0.3 is 10.1 Å². The molecule has 1 amide bonds. The van der Waals surface area contributed by atoms with Crippen LogP contribution in [0.15, 0.2) is 18.2 Å². The number of nitrogens with one attached hydrogen (secondary N) is 1. The van der Waals surface area contributed by atoms with E-state index >= 15 is 0 Å². The van der Waals surface area contributed by atoms with Crippen molar-refractivity contribution >= 4 is 35.1 Å². The van der Waals surface area contributed by atoms with E-state index in [1.807, 2.05) is 13.8 Å². The minimum absolute atomic E-state index is 0.0520. The average molecular weight is 304 g/mol. The van der Waals surface area contributed by atoms with Crippen LogP contribution >= 0.6 is 23.2 Å². The summed E-state index contributed by atoms with van der Waals surface area (Å²) < 4.78 is 4.88. The number of hydrogen-bond donors (Lipinski definition) is 1. The van der Waals surface area contributed by atoms with Gasteiger partial charge in [0.05, 0.1) is 15.6 Å². The number of benzene rings is 1. The van der Waals surface area contributed by atoms with Crippen LogP contribution in [0.1, 0.15) is 30.6 Å². The molecule has 1 N–H and O–H groups in total.